The van der Waals surface area contributed by atoms with Crippen LogP contribution in [0.5, 0.6) is 5.75 Å². The number of ether oxygens (including phenoxy) is 1. The SMILES string of the molecule is COc1cc(Cl)cnc1-c1nc(N(C)C)c(Cl)cc1S(N)(=O)=O. The third-order valence-electron chi connectivity index (χ3n) is 2.92. The number of anilines is 1. The summed E-state index contributed by atoms with van der Waals surface area (Å²) in [6.45, 7) is 0. The molecule has 7 nitrogen and oxygen atoms in total. The first-order valence-corrected chi connectivity index (χ1v) is 8.56. The van der Waals surface area contributed by atoms with E-state index in [0.717, 1.165) is 0 Å². The van der Waals surface area contributed by atoms with Crippen LogP contribution in [0.4, 0.5) is 5.82 Å². The van der Waals surface area contributed by atoms with E-state index in [0.29, 0.717) is 10.8 Å². The van der Waals surface area contributed by atoms with Crippen LogP contribution >= 0.6 is 23.2 Å². The van der Waals surface area contributed by atoms with Crippen molar-refractivity contribution in [1.82, 2.24) is 9.97 Å². The molecule has 0 aliphatic heterocycles. The van der Waals surface area contributed by atoms with Gasteiger partial charge in [-0.3, -0.25) is 0 Å². The van der Waals surface area contributed by atoms with Crippen molar-refractivity contribution in [3.05, 3.63) is 28.4 Å². The van der Waals surface area contributed by atoms with Gasteiger partial charge < -0.3 is 9.64 Å². The van der Waals surface area contributed by atoms with Gasteiger partial charge in [-0.05, 0) is 6.07 Å². The minimum absolute atomic E-state index is 0.0362. The number of methoxy groups -OCH3 is 1. The van der Waals surface area contributed by atoms with Crippen molar-refractivity contribution < 1.29 is 13.2 Å². The van der Waals surface area contributed by atoms with Gasteiger partial charge in [0.15, 0.2) is 0 Å². The second-order valence-corrected chi connectivity index (χ2v) is 7.16. The number of halogens is 2. The number of pyridine rings is 2. The summed E-state index contributed by atoms with van der Waals surface area (Å²) in [5.74, 6) is 0.634. The van der Waals surface area contributed by atoms with Gasteiger partial charge in [0.25, 0.3) is 0 Å². The molecule has 0 unspecified atom stereocenters. The molecule has 0 atom stereocenters. The van der Waals surface area contributed by atoms with E-state index >= 15 is 0 Å². The molecule has 0 aromatic carbocycles. The standard InChI is InChI=1S/C13H14Cl2N4O3S/c1-19(2)13-8(15)5-10(23(16,20)21)12(18-13)11-9(22-3)4-7(14)6-17-11/h4-6H,1-3H3,(H2,16,20,21). The lowest BCUT2D eigenvalue weighted by Gasteiger charge is -2.17. The Morgan fingerprint density at radius 2 is 1.87 bits per heavy atom. The molecule has 23 heavy (non-hydrogen) atoms. The van der Waals surface area contributed by atoms with Gasteiger partial charge in [-0.2, -0.15) is 0 Å². The summed E-state index contributed by atoms with van der Waals surface area (Å²) in [6, 6.07) is 2.74. The van der Waals surface area contributed by atoms with E-state index in [2.05, 4.69) is 9.97 Å². The topological polar surface area (TPSA) is 98.4 Å². The molecule has 0 bridgehead atoms. The van der Waals surface area contributed by atoms with Crippen molar-refractivity contribution in [2.45, 2.75) is 4.90 Å². The van der Waals surface area contributed by atoms with Crippen molar-refractivity contribution in [3.63, 3.8) is 0 Å². The molecule has 0 fully saturated rings. The van der Waals surface area contributed by atoms with Gasteiger partial charge in [0.2, 0.25) is 10.0 Å². The zero-order valence-electron chi connectivity index (χ0n) is 12.5. The van der Waals surface area contributed by atoms with Gasteiger partial charge in [-0.25, -0.2) is 23.5 Å². The average molecular weight is 377 g/mol. The van der Waals surface area contributed by atoms with Crippen molar-refractivity contribution in [3.8, 4) is 17.1 Å². The quantitative estimate of drug-likeness (QED) is 0.877. The lowest BCUT2D eigenvalue weighted by atomic mass is 10.2. The number of nitrogens with zero attached hydrogens (tertiary/aromatic N) is 3. The monoisotopic (exact) mass is 376 g/mol. The van der Waals surface area contributed by atoms with Crippen LogP contribution in [0, 0.1) is 0 Å². The molecule has 0 aliphatic rings. The first kappa shape index (κ1) is 17.7. The highest BCUT2D eigenvalue weighted by molar-refractivity contribution is 7.89. The van der Waals surface area contributed by atoms with Gasteiger partial charge >= 0.3 is 0 Å². The van der Waals surface area contributed by atoms with Gasteiger partial charge in [-0.1, -0.05) is 23.2 Å². The third-order valence-corrected chi connectivity index (χ3v) is 4.33. The summed E-state index contributed by atoms with van der Waals surface area (Å²) in [5, 5.41) is 5.76. The summed E-state index contributed by atoms with van der Waals surface area (Å²) in [7, 11) is 0.784. The zero-order valence-corrected chi connectivity index (χ0v) is 14.9. The maximum Gasteiger partial charge on any atom is 0.240 e. The number of hydrogen-bond acceptors (Lipinski definition) is 6. The molecule has 0 saturated carbocycles. The van der Waals surface area contributed by atoms with E-state index < -0.39 is 10.0 Å². The van der Waals surface area contributed by atoms with Crippen LogP contribution in [-0.4, -0.2) is 39.6 Å². The minimum atomic E-state index is -4.08. The van der Waals surface area contributed by atoms with Crippen molar-refractivity contribution in [2.24, 2.45) is 5.14 Å². The number of sulfonamides is 1. The van der Waals surface area contributed by atoms with Gasteiger partial charge in [-0.15, -0.1) is 0 Å². The van der Waals surface area contributed by atoms with Gasteiger partial charge in [0.05, 0.1) is 17.2 Å². The Labute approximate surface area is 144 Å². The summed E-state index contributed by atoms with van der Waals surface area (Å²) in [5.41, 5.74) is 0.231. The fourth-order valence-corrected chi connectivity index (χ4v) is 3.14. The number of nitrogens with two attached hydrogens (primary N) is 1. The molecule has 0 radical (unpaired) electrons. The lowest BCUT2D eigenvalue weighted by molar-refractivity contribution is 0.414. The molecule has 2 N–H and O–H groups in total. The van der Waals surface area contributed by atoms with Gasteiger partial charge in [0.1, 0.15) is 27.9 Å². The van der Waals surface area contributed by atoms with Crippen molar-refractivity contribution >= 4 is 39.0 Å². The Kier molecular flexibility index (Phi) is 5.00. The van der Waals surface area contributed by atoms with Crippen LogP contribution in [0.1, 0.15) is 0 Å². The molecule has 0 amide bonds. The highest BCUT2D eigenvalue weighted by Crippen LogP contribution is 2.36. The van der Waals surface area contributed by atoms with Crippen LogP contribution in [0.15, 0.2) is 23.2 Å². The second kappa shape index (κ2) is 6.48. The third kappa shape index (κ3) is 3.66. The molecular weight excluding hydrogens is 363 g/mol. The van der Waals surface area contributed by atoms with Crippen molar-refractivity contribution in [2.75, 3.05) is 26.1 Å². The van der Waals surface area contributed by atoms with E-state index in [9.17, 15) is 8.42 Å². The van der Waals surface area contributed by atoms with Crippen LogP contribution in [0.3, 0.4) is 0 Å². The molecule has 0 spiro atoms. The van der Waals surface area contributed by atoms with E-state index in [1.54, 1.807) is 19.0 Å². The first-order chi connectivity index (χ1) is 10.6. The first-order valence-electron chi connectivity index (χ1n) is 6.25. The summed E-state index contributed by atoms with van der Waals surface area (Å²) in [6.07, 6.45) is 1.36. The highest BCUT2D eigenvalue weighted by atomic mass is 35.5. The van der Waals surface area contributed by atoms with E-state index in [4.69, 9.17) is 33.1 Å². The molecule has 2 aromatic rings. The molecule has 0 saturated heterocycles. The summed E-state index contributed by atoms with van der Waals surface area (Å²) in [4.78, 5) is 9.81. The van der Waals surface area contributed by atoms with Crippen LogP contribution < -0.4 is 14.8 Å². The van der Waals surface area contributed by atoms with E-state index in [1.165, 1.54) is 25.4 Å². The van der Waals surface area contributed by atoms with Crippen LogP contribution in [-0.2, 0) is 10.0 Å². The Hall–Kier alpha value is -1.61. The highest BCUT2D eigenvalue weighted by Gasteiger charge is 2.24. The lowest BCUT2D eigenvalue weighted by Crippen LogP contribution is -2.17. The largest absolute Gasteiger partial charge is 0.494 e. The molecule has 124 valence electrons. The predicted octanol–water partition coefficient (Wildman–Crippen LogP) is 2.17. The number of rotatable bonds is 4. The zero-order chi connectivity index (χ0) is 17.4. The fraction of sp³-hybridized carbons (Fsp3) is 0.231. The Balaban J connectivity index is 2.86. The number of hydrogen-bond donors (Lipinski definition) is 1. The molecule has 10 heteroatoms. The normalized spacial score (nSPS) is 11.4. The fourth-order valence-electron chi connectivity index (χ4n) is 1.92. The maximum absolute atomic E-state index is 11.9. The van der Waals surface area contributed by atoms with E-state index in [1.807, 2.05) is 0 Å². The summed E-state index contributed by atoms with van der Waals surface area (Å²) < 4.78 is 29.0. The number of primary sulfonamides is 1. The molecule has 0 aliphatic carbocycles. The van der Waals surface area contributed by atoms with Crippen LogP contribution in [0.25, 0.3) is 11.4 Å². The van der Waals surface area contributed by atoms with Crippen LogP contribution in [0.2, 0.25) is 10.0 Å². The minimum Gasteiger partial charge on any atom is -0.494 e. The smallest absolute Gasteiger partial charge is 0.240 e. The van der Waals surface area contributed by atoms with Gasteiger partial charge in [0, 0.05) is 26.4 Å². The number of aromatic nitrogens is 2. The molecule has 2 heterocycles. The average Bonchev–Trinajstić information content (AvgIpc) is 2.45. The summed E-state index contributed by atoms with van der Waals surface area (Å²) >= 11 is 12.0. The molecule has 2 rings (SSSR count). The Bertz CT molecular complexity index is 857. The van der Waals surface area contributed by atoms with Crippen molar-refractivity contribution in [1.29, 1.82) is 0 Å². The Morgan fingerprint density at radius 3 is 2.39 bits per heavy atom. The van der Waals surface area contributed by atoms with E-state index in [-0.39, 0.29) is 27.1 Å². The second-order valence-electron chi connectivity index (χ2n) is 4.78. The predicted molar refractivity (Wildman–Crippen MR) is 89.7 cm³/mol. The maximum atomic E-state index is 11.9. The molecule has 2 aromatic heterocycles. The molecular formula is C13H14Cl2N4O3S. The Morgan fingerprint density at radius 1 is 1.22 bits per heavy atom.